The molecule has 0 spiro atoms. The molecule has 3 heteroatoms. The van der Waals surface area contributed by atoms with Gasteiger partial charge in [0.15, 0.2) is 0 Å². The van der Waals surface area contributed by atoms with Crippen molar-refractivity contribution in [2.45, 2.75) is 33.2 Å². The Kier molecular flexibility index (Phi) is 4.15. The first-order chi connectivity index (χ1) is 8.77. The summed E-state index contributed by atoms with van der Waals surface area (Å²) >= 11 is 0. The summed E-state index contributed by atoms with van der Waals surface area (Å²) in [6.45, 7) is 5.21. The Labute approximate surface area is 109 Å². The predicted octanol–water partition coefficient (Wildman–Crippen LogP) is 2.85. The monoisotopic (exact) mass is 243 g/mol. The molecule has 0 radical (unpaired) electrons. The Hall–Kier alpha value is -1.61. The van der Waals surface area contributed by atoms with Gasteiger partial charge in [-0.3, -0.25) is 0 Å². The fourth-order valence-corrected chi connectivity index (χ4v) is 2.26. The van der Waals surface area contributed by atoms with Gasteiger partial charge in [-0.15, -0.1) is 0 Å². The van der Waals surface area contributed by atoms with E-state index < -0.39 is 0 Å². The highest BCUT2D eigenvalue weighted by Gasteiger charge is 2.11. The van der Waals surface area contributed by atoms with Crippen molar-refractivity contribution in [3.8, 4) is 5.69 Å². The van der Waals surface area contributed by atoms with Crippen LogP contribution in [0.2, 0.25) is 0 Å². The maximum absolute atomic E-state index is 4.56. The van der Waals surface area contributed by atoms with Crippen LogP contribution in [0.25, 0.3) is 5.69 Å². The largest absolute Gasteiger partial charge is 0.316 e. The van der Waals surface area contributed by atoms with Crippen molar-refractivity contribution in [2.24, 2.45) is 0 Å². The van der Waals surface area contributed by atoms with Crippen LogP contribution in [-0.2, 0) is 13.0 Å². The average molecular weight is 243 g/mol. The van der Waals surface area contributed by atoms with Gasteiger partial charge in [-0.25, -0.2) is 4.68 Å². The smallest absolute Gasteiger partial charge is 0.0678 e. The zero-order valence-electron chi connectivity index (χ0n) is 11.4. The van der Waals surface area contributed by atoms with Crippen LogP contribution in [0.3, 0.4) is 0 Å². The van der Waals surface area contributed by atoms with E-state index in [0.717, 1.165) is 19.4 Å². The number of rotatable bonds is 5. The van der Waals surface area contributed by atoms with Crippen molar-refractivity contribution >= 4 is 0 Å². The number of nitrogens with zero attached hydrogens (tertiary/aromatic N) is 2. The Morgan fingerprint density at radius 3 is 2.72 bits per heavy atom. The molecule has 1 aromatic carbocycles. The van der Waals surface area contributed by atoms with Crippen LogP contribution in [-0.4, -0.2) is 16.8 Å². The molecule has 0 atom stereocenters. The van der Waals surface area contributed by atoms with Crippen molar-refractivity contribution in [2.75, 3.05) is 7.05 Å². The number of aromatic nitrogens is 2. The van der Waals surface area contributed by atoms with Gasteiger partial charge in [0.2, 0.25) is 0 Å². The average Bonchev–Trinajstić information content (AvgIpc) is 2.74. The molecule has 0 unspecified atom stereocenters. The summed E-state index contributed by atoms with van der Waals surface area (Å²) in [4.78, 5) is 0. The minimum absolute atomic E-state index is 0.876. The number of hydrogen-bond acceptors (Lipinski definition) is 2. The standard InChI is InChI=1S/C15H21N3/c1-4-7-15-13(10-16-3)11-17-18(15)14-9-6-5-8-12(14)2/h5-6,8-9,11,16H,4,7,10H2,1-3H3. The molecule has 1 aromatic heterocycles. The molecule has 3 nitrogen and oxygen atoms in total. The summed E-state index contributed by atoms with van der Waals surface area (Å²) in [7, 11) is 1.97. The number of aryl methyl sites for hydroxylation is 1. The molecule has 1 heterocycles. The van der Waals surface area contributed by atoms with Crippen molar-refractivity contribution < 1.29 is 0 Å². The fraction of sp³-hybridized carbons (Fsp3) is 0.400. The maximum Gasteiger partial charge on any atom is 0.0678 e. The lowest BCUT2D eigenvalue weighted by Crippen LogP contribution is -2.09. The van der Waals surface area contributed by atoms with Crippen molar-refractivity contribution in [1.82, 2.24) is 15.1 Å². The van der Waals surface area contributed by atoms with E-state index in [1.807, 2.05) is 13.2 Å². The molecule has 0 bridgehead atoms. The molecule has 1 N–H and O–H groups in total. The van der Waals surface area contributed by atoms with E-state index in [2.05, 4.69) is 53.2 Å². The summed E-state index contributed by atoms with van der Waals surface area (Å²) in [5.74, 6) is 0. The van der Waals surface area contributed by atoms with Crippen LogP contribution in [0.5, 0.6) is 0 Å². The predicted molar refractivity (Wildman–Crippen MR) is 75.1 cm³/mol. The second kappa shape index (κ2) is 5.83. The van der Waals surface area contributed by atoms with Gasteiger partial charge in [0.1, 0.15) is 0 Å². The fourth-order valence-electron chi connectivity index (χ4n) is 2.26. The summed E-state index contributed by atoms with van der Waals surface area (Å²) in [5.41, 5.74) is 5.06. The lowest BCUT2D eigenvalue weighted by atomic mass is 10.1. The first-order valence-electron chi connectivity index (χ1n) is 6.54. The highest BCUT2D eigenvalue weighted by molar-refractivity contribution is 5.41. The molecule has 0 aliphatic carbocycles. The minimum atomic E-state index is 0.876. The van der Waals surface area contributed by atoms with Gasteiger partial charge >= 0.3 is 0 Å². The molecule has 0 saturated carbocycles. The zero-order valence-corrected chi connectivity index (χ0v) is 11.4. The van der Waals surface area contributed by atoms with Crippen molar-refractivity contribution in [3.05, 3.63) is 47.3 Å². The molecule has 2 rings (SSSR count). The number of benzene rings is 1. The quantitative estimate of drug-likeness (QED) is 0.875. The first-order valence-corrected chi connectivity index (χ1v) is 6.54. The molecule has 2 aromatic rings. The van der Waals surface area contributed by atoms with E-state index in [1.54, 1.807) is 0 Å². The number of nitrogens with one attached hydrogen (secondary N) is 1. The molecule has 0 amide bonds. The maximum atomic E-state index is 4.56. The van der Waals surface area contributed by atoms with E-state index in [-0.39, 0.29) is 0 Å². The second-order valence-electron chi connectivity index (χ2n) is 4.60. The normalized spacial score (nSPS) is 10.8. The van der Waals surface area contributed by atoms with Gasteiger partial charge in [0.25, 0.3) is 0 Å². The second-order valence-corrected chi connectivity index (χ2v) is 4.60. The van der Waals surface area contributed by atoms with Gasteiger partial charge < -0.3 is 5.32 Å². The summed E-state index contributed by atoms with van der Waals surface area (Å²) in [5, 5.41) is 7.77. The van der Waals surface area contributed by atoms with Gasteiger partial charge in [0.05, 0.1) is 11.9 Å². The highest BCUT2D eigenvalue weighted by atomic mass is 15.3. The molecule has 0 fully saturated rings. The number of para-hydroxylation sites is 1. The molecule has 0 saturated heterocycles. The van der Waals surface area contributed by atoms with Crippen molar-refractivity contribution in [3.63, 3.8) is 0 Å². The van der Waals surface area contributed by atoms with Crippen LogP contribution < -0.4 is 5.32 Å². The van der Waals surface area contributed by atoms with E-state index >= 15 is 0 Å². The van der Waals surface area contributed by atoms with Gasteiger partial charge in [0, 0.05) is 17.8 Å². The highest BCUT2D eigenvalue weighted by Crippen LogP contribution is 2.19. The summed E-state index contributed by atoms with van der Waals surface area (Å²) in [6, 6.07) is 8.39. The van der Waals surface area contributed by atoms with E-state index in [9.17, 15) is 0 Å². The zero-order chi connectivity index (χ0) is 13.0. The van der Waals surface area contributed by atoms with E-state index in [1.165, 1.54) is 22.5 Å². The lowest BCUT2D eigenvalue weighted by Gasteiger charge is -2.11. The van der Waals surface area contributed by atoms with Gasteiger partial charge in [-0.2, -0.15) is 5.10 Å². The Balaban J connectivity index is 2.47. The SMILES string of the molecule is CCCc1c(CNC)cnn1-c1ccccc1C. The van der Waals surface area contributed by atoms with Gasteiger partial charge in [-0.1, -0.05) is 31.5 Å². The minimum Gasteiger partial charge on any atom is -0.316 e. The van der Waals surface area contributed by atoms with Crippen LogP contribution in [0.15, 0.2) is 30.5 Å². The molecule has 96 valence electrons. The Morgan fingerprint density at radius 2 is 2.06 bits per heavy atom. The van der Waals surface area contributed by atoms with Crippen LogP contribution in [0, 0.1) is 6.92 Å². The van der Waals surface area contributed by atoms with Crippen LogP contribution in [0.1, 0.15) is 30.2 Å². The van der Waals surface area contributed by atoms with Crippen LogP contribution >= 0.6 is 0 Å². The van der Waals surface area contributed by atoms with Crippen LogP contribution in [0.4, 0.5) is 0 Å². The Morgan fingerprint density at radius 1 is 1.28 bits per heavy atom. The Bertz CT molecular complexity index is 514. The molecular formula is C15H21N3. The molecule has 0 aliphatic heterocycles. The topological polar surface area (TPSA) is 29.9 Å². The third-order valence-corrected chi connectivity index (χ3v) is 3.15. The van der Waals surface area contributed by atoms with E-state index in [4.69, 9.17) is 0 Å². The summed E-state index contributed by atoms with van der Waals surface area (Å²) < 4.78 is 2.09. The van der Waals surface area contributed by atoms with E-state index in [0.29, 0.717) is 0 Å². The lowest BCUT2D eigenvalue weighted by molar-refractivity contribution is 0.747. The van der Waals surface area contributed by atoms with Gasteiger partial charge in [-0.05, 0) is 32.0 Å². The third-order valence-electron chi connectivity index (χ3n) is 3.15. The number of hydrogen-bond donors (Lipinski definition) is 1. The third kappa shape index (κ3) is 2.46. The molecular weight excluding hydrogens is 222 g/mol. The molecule has 18 heavy (non-hydrogen) atoms. The van der Waals surface area contributed by atoms with Crippen molar-refractivity contribution in [1.29, 1.82) is 0 Å². The first kappa shape index (κ1) is 12.8. The summed E-state index contributed by atoms with van der Waals surface area (Å²) in [6.07, 6.45) is 4.17. The molecule has 0 aliphatic rings.